The molecule has 0 N–H and O–H groups in total. The Hall–Kier alpha value is -1.83. The lowest BCUT2D eigenvalue weighted by Crippen LogP contribution is -2.18. The lowest BCUT2D eigenvalue weighted by atomic mass is 9.82. The highest BCUT2D eigenvalue weighted by Crippen LogP contribution is 2.50. The first-order valence-electron chi connectivity index (χ1n) is 8.52. The number of hydrogen-bond acceptors (Lipinski definition) is 2. The summed E-state index contributed by atoms with van der Waals surface area (Å²) < 4.78 is 5.24. The van der Waals surface area contributed by atoms with Crippen molar-refractivity contribution >= 4 is 11.6 Å². The molecule has 0 saturated heterocycles. The van der Waals surface area contributed by atoms with Gasteiger partial charge in [0.2, 0.25) is 0 Å². The van der Waals surface area contributed by atoms with Crippen LogP contribution in [0.4, 0.5) is 0 Å². The first-order valence-corrected chi connectivity index (χ1v) is 8.52. The number of aromatic nitrogens is 1. The Morgan fingerprint density at radius 1 is 1.17 bits per heavy atom. The Bertz CT molecular complexity index is 748. The molecule has 0 bridgehead atoms. The molecule has 0 unspecified atom stereocenters. The number of rotatable bonds is 3. The summed E-state index contributed by atoms with van der Waals surface area (Å²) in [4.78, 5) is 0. The number of aryl methyl sites for hydroxylation is 1. The molecule has 3 rings (SSSR count). The van der Waals surface area contributed by atoms with Crippen molar-refractivity contribution in [3.05, 3.63) is 52.4 Å². The van der Waals surface area contributed by atoms with Crippen LogP contribution in [0.3, 0.4) is 0 Å². The van der Waals surface area contributed by atoms with Gasteiger partial charge in [-0.15, -0.1) is 0 Å². The van der Waals surface area contributed by atoms with E-state index in [1.807, 2.05) is 6.07 Å². The molecule has 23 heavy (non-hydrogen) atoms. The van der Waals surface area contributed by atoms with Gasteiger partial charge in [-0.2, -0.15) is 0 Å². The third kappa shape index (κ3) is 2.75. The predicted molar refractivity (Wildman–Crippen MR) is 96.5 cm³/mol. The fourth-order valence-electron chi connectivity index (χ4n) is 4.31. The number of benzene rings is 1. The minimum absolute atomic E-state index is 0.229. The molecule has 1 aliphatic carbocycles. The van der Waals surface area contributed by atoms with Crippen molar-refractivity contribution < 1.29 is 4.52 Å². The summed E-state index contributed by atoms with van der Waals surface area (Å²) in [7, 11) is 0. The summed E-state index contributed by atoms with van der Waals surface area (Å²) in [6.07, 6.45) is 6.02. The Kier molecular flexibility index (Phi) is 3.74. The smallest absolute Gasteiger partial charge is 0.159 e. The van der Waals surface area contributed by atoms with Gasteiger partial charge in [-0.25, -0.2) is 0 Å². The standard InChI is InChI=1S/C21H27NO/c1-7-15-11-18-19(21(5,6)13-20(18,3)4)12-17(15)14(2)10-16-8-9-22-23-16/h8-12H,7,13H2,1-6H3/b14-10+. The number of fused-ring (bicyclic) bond motifs is 1. The Morgan fingerprint density at radius 3 is 2.39 bits per heavy atom. The van der Waals surface area contributed by atoms with Crippen LogP contribution in [-0.2, 0) is 17.3 Å². The van der Waals surface area contributed by atoms with Gasteiger partial charge in [0.05, 0.1) is 6.20 Å². The first kappa shape index (κ1) is 16.0. The van der Waals surface area contributed by atoms with Gasteiger partial charge < -0.3 is 4.52 Å². The topological polar surface area (TPSA) is 26.0 Å². The molecule has 0 spiro atoms. The van der Waals surface area contributed by atoms with E-state index in [-0.39, 0.29) is 10.8 Å². The highest BCUT2D eigenvalue weighted by Gasteiger charge is 2.42. The summed E-state index contributed by atoms with van der Waals surface area (Å²) in [6, 6.07) is 6.76. The highest BCUT2D eigenvalue weighted by molar-refractivity contribution is 5.81. The van der Waals surface area contributed by atoms with Crippen molar-refractivity contribution in [1.82, 2.24) is 5.16 Å². The van der Waals surface area contributed by atoms with Gasteiger partial charge in [-0.1, -0.05) is 51.9 Å². The highest BCUT2D eigenvalue weighted by atomic mass is 16.5. The quantitative estimate of drug-likeness (QED) is 0.720. The molecule has 122 valence electrons. The lowest BCUT2D eigenvalue weighted by molar-refractivity contribution is 0.403. The van der Waals surface area contributed by atoms with E-state index >= 15 is 0 Å². The zero-order chi connectivity index (χ0) is 16.8. The Balaban J connectivity index is 2.16. The molecular formula is C21H27NO. The van der Waals surface area contributed by atoms with Crippen molar-refractivity contribution in [2.24, 2.45) is 0 Å². The molecule has 1 aromatic carbocycles. The van der Waals surface area contributed by atoms with Gasteiger partial charge in [-0.05, 0) is 64.5 Å². The summed E-state index contributed by atoms with van der Waals surface area (Å²) in [6.45, 7) is 13.9. The minimum Gasteiger partial charge on any atom is -0.357 e. The van der Waals surface area contributed by atoms with Crippen LogP contribution >= 0.6 is 0 Å². The molecule has 1 heterocycles. The van der Waals surface area contributed by atoms with Crippen LogP contribution in [0.15, 0.2) is 28.9 Å². The van der Waals surface area contributed by atoms with Crippen LogP contribution in [0, 0.1) is 0 Å². The van der Waals surface area contributed by atoms with Gasteiger partial charge in [0.1, 0.15) is 0 Å². The lowest BCUT2D eigenvalue weighted by Gasteiger charge is -2.22. The van der Waals surface area contributed by atoms with Crippen LogP contribution in [0.1, 0.15) is 76.0 Å². The van der Waals surface area contributed by atoms with E-state index in [9.17, 15) is 0 Å². The molecule has 0 saturated carbocycles. The zero-order valence-electron chi connectivity index (χ0n) is 15.2. The summed E-state index contributed by atoms with van der Waals surface area (Å²) >= 11 is 0. The van der Waals surface area contributed by atoms with Gasteiger partial charge in [0.25, 0.3) is 0 Å². The Labute approximate surface area is 139 Å². The molecule has 0 amide bonds. The fraction of sp³-hybridized carbons (Fsp3) is 0.476. The second-order valence-corrected chi connectivity index (χ2v) is 8.10. The monoisotopic (exact) mass is 309 g/mol. The maximum absolute atomic E-state index is 5.24. The molecule has 2 nitrogen and oxygen atoms in total. The molecular weight excluding hydrogens is 282 g/mol. The molecule has 0 atom stereocenters. The van der Waals surface area contributed by atoms with E-state index in [1.165, 1.54) is 34.2 Å². The largest absolute Gasteiger partial charge is 0.357 e. The van der Waals surface area contributed by atoms with E-state index in [0.717, 1.165) is 12.2 Å². The van der Waals surface area contributed by atoms with Crippen molar-refractivity contribution in [3.63, 3.8) is 0 Å². The average molecular weight is 309 g/mol. The molecule has 1 aliphatic rings. The zero-order valence-corrected chi connectivity index (χ0v) is 15.2. The molecule has 0 radical (unpaired) electrons. The summed E-state index contributed by atoms with van der Waals surface area (Å²) in [5.41, 5.74) is 7.50. The van der Waals surface area contributed by atoms with E-state index in [1.54, 1.807) is 6.20 Å². The van der Waals surface area contributed by atoms with Crippen LogP contribution in [0.25, 0.3) is 11.6 Å². The van der Waals surface area contributed by atoms with Gasteiger partial charge >= 0.3 is 0 Å². The maximum atomic E-state index is 5.24. The normalized spacial score (nSPS) is 19.0. The van der Waals surface area contributed by atoms with Crippen LogP contribution in [0.5, 0.6) is 0 Å². The fourth-order valence-corrected chi connectivity index (χ4v) is 4.31. The SMILES string of the molecule is CCc1cc2c(cc1/C(C)=C/c1ccno1)C(C)(C)CC2(C)C. The average Bonchev–Trinajstić information content (AvgIpc) is 3.02. The number of hydrogen-bond donors (Lipinski definition) is 0. The molecule has 0 aliphatic heterocycles. The van der Waals surface area contributed by atoms with Crippen LogP contribution in [-0.4, -0.2) is 5.16 Å². The third-order valence-electron chi connectivity index (χ3n) is 5.21. The van der Waals surface area contributed by atoms with Gasteiger partial charge in [0.15, 0.2) is 5.76 Å². The third-order valence-corrected chi connectivity index (χ3v) is 5.21. The van der Waals surface area contributed by atoms with E-state index in [4.69, 9.17) is 4.52 Å². The first-order chi connectivity index (χ1) is 10.7. The van der Waals surface area contributed by atoms with E-state index < -0.39 is 0 Å². The van der Waals surface area contributed by atoms with Crippen molar-refractivity contribution in [1.29, 1.82) is 0 Å². The van der Waals surface area contributed by atoms with Crippen LogP contribution < -0.4 is 0 Å². The Morgan fingerprint density at radius 2 is 1.83 bits per heavy atom. The van der Waals surface area contributed by atoms with Crippen molar-refractivity contribution in [3.8, 4) is 0 Å². The van der Waals surface area contributed by atoms with Crippen molar-refractivity contribution in [2.45, 2.75) is 65.2 Å². The van der Waals surface area contributed by atoms with Gasteiger partial charge in [-0.3, -0.25) is 0 Å². The maximum Gasteiger partial charge on any atom is 0.159 e. The summed E-state index contributed by atoms with van der Waals surface area (Å²) in [5, 5.41) is 3.79. The van der Waals surface area contributed by atoms with Crippen molar-refractivity contribution in [2.75, 3.05) is 0 Å². The second kappa shape index (κ2) is 5.36. The number of nitrogens with zero attached hydrogens (tertiary/aromatic N) is 1. The van der Waals surface area contributed by atoms with E-state index in [2.05, 4.69) is 64.9 Å². The summed E-state index contributed by atoms with van der Waals surface area (Å²) in [5.74, 6) is 0.810. The minimum atomic E-state index is 0.229. The van der Waals surface area contributed by atoms with Crippen LogP contribution in [0.2, 0.25) is 0 Å². The molecule has 0 fully saturated rings. The molecule has 1 aromatic heterocycles. The van der Waals surface area contributed by atoms with E-state index in [0.29, 0.717) is 0 Å². The van der Waals surface area contributed by atoms with Gasteiger partial charge in [0, 0.05) is 6.07 Å². The molecule has 2 aromatic rings. The second-order valence-electron chi connectivity index (χ2n) is 8.10. The predicted octanol–water partition coefficient (Wildman–Crippen LogP) is 5.76. The molecule has 2 heteroatoms. The number of allylic oxidation sites excluding steroid dienone is 1.